The monoisotopic (exact) mass is 332 g/mol. The maximum atomic E-state index is 12.4. The molecule has 0 aliphatic rings. The first-order chi connectivity index (χ1) is 10.9. The number of aromatic nitrogens is 2. The van der Waals surface area contributed by atoms with Crippen LogP contribution in [0.5, 0.6) is 0 Å². The van der Waals surface area contributed by atoms with Crippen molar-refractivity contribution in [3.63, 3.8) is 0 Å². The number of anilines is 2. The number of carbonyl (C=O) groups is 1. The highest BCUT2D eigenvalue weighted by molar-refractivity contribution is 6.34. The number of rotatable bonds is 5. The van der Waals surface area contributed by atoms with Crippen molar-refractivity contribution in [2.45, 2.75) is 40.2 Å². The van der Waals surface area contributed by atoms with Crippen LogP contribution in [-0.2, 0) is 0 Å². The number of nitrogens with one attached hydrogen (secondary N) is 2. The normalized spacial score (nSPS) is 11.9. The summed E-state index contributed by atoms with van der Waals surface area (Å²) < 4.78 is 0. The molecule has 6 heteroatoms. The molecule has 2 rings (SSSR count). The first kappa shape index (κ1) is 17.2. The lowest BCUT2D eigenvalue weighted by atomic mass is 10.1. The van der Waals surface area contributed by atoms with Crippen molar-refractivity contribution < 1.29 is 4.79 Å². The second-order valence-electron chi connectivity index (χ2n) is 5.61. The zero-order chi connectivity index (χ0) is 17.0. The number of aryl methyl sites for hydroxylation is 2. The third-order valence-corrected chi connectivity index (χ3v) is 3.84. The summed E-state index contributed by atoms with van der Waals surface area (Å²) in [5.74, 6) is 0.132. The first-order valence-corrected chi connectivity index (χ1v) is 7.96. The molecule has 0 aliphatic carbocycles. The van der Waals surface area contributed by atoms with Crippen LogP contribution in [0.4, 0.5) is 11.6 Å². The average Bonchev–Trinajstić information content (AvgIpc) is 2.50. The zero-order valence-electron chi connectivity index (χ0n) is 13.8. The molecule has 2 N–H and O–H groups in total. The summed E-state index contributed by atoms with van der Waals surface area (Å²) in [5, 5.41) is 6.50. The third-order valence-electron chi connectivity index (χ3n) is 3.55. The second kappa shape index (κ2) is 7.42. The van der Waals surface area contributed by atoms with Crippen LogP contribution in [0, 0.1) is 13.8 Å². The Morgan fingerprint density at radius 1 is 1.35 bits per heavy atom. The van der Waals surface area contributed by atoms with Gasteiger partial charge in [-0.05, 0) is 50.5 Å². The summed E-state index contributed by atoms with van der Waals surface area (Å²) in [6, 6.07) is 5.61. The number of halogens is 1. The Labute approximate surface area is 141 Å². The minimum Gasteiger partial charge on any atom is -0.352 e. The topological polar surface area (TPSA) is 66.9 Å². The summed E-state index contributed by atoms with van der Waals surface area (Å²) in [6.45, 7) is 7.97. The molecule has 1 atom stereocenters. The molecule has 1 heterocycles. The van der Waals surface area contributed by atoms with Crippen LogP contribution < -0.4 is 10.6 Å². The summed E-state index contributed by atoms with van der Waals surface area (Å²) in [7, 11) is 0. The van der Waals surface area contributed by atoms with E-state index in [-0.39, 0.29) is 11.9 Å². The summed E-state index contributed by atoms with van der Waals surface area (Å²) in [4.78, 5) is 20.8. The fourth-order valence-corrected chi connectivity index (χ4v) is 2.50. The van der Waals surface area contributed by atoms with Crippen LogP contribution in [0.3, 0.4) is 0 Å². The average molecular weight is 333 g/mol. The molecule has 0 saturated heterocycles. The van der Waals surface area contributed by atoms with Gasteiger partial charge in [0.15, 0.2) is 0 Å². The fourth-order valence-electron chi connectivity index (χ4n) is 2.13. The van der Waals surface area contributed by atoms with E-state index in [4.69, 9.17) is 11.6 Å². The molecule has 122 valence electrons. The largest absolute Gasteiger partial charge is 0.352 e. The van der Waals surface area contributed by atoms with Crippen molar-refractivity contribution in [1.29, 1.82) is 0 Å². The number of amides is 1. The number of benzene rings is 1. The van der Waals surface area contributed by atoms with Gasteiger partial charge in [-0.2, -0.15) is 0 Å². The smallest absolute Gasteiger partial charge is 0.274 e. The molecule has 1 amide bonds. The van der Waals surface area contributed by atoms with E-state index in [2.05, 4.69) is 27.5 Å². The van der Waals surface area contributed by atoms with Gasteiger partial charge in [0, 0.05) is 12.2 Å². The van der Waals surface area contributed by atoms with Gasteiger partial charge in [0.2, 0.25) is 5.95 Å². The standard InChI is InChI=1S/C17H21ClN4O/c1-5-12(4)20-17-19-7-6-14(21-17)16(23)22-15-11(3)8-10(2)9-13(15)18/h6-9,12H,5H2,1-4H3,(H,22,23)(H,19,20,21). The van der Waals surface area contributed by atoms with Gasteiger partial charge in [0.05, 0.1) is 10.7 Å². The zero-order valence-corrected chi connectivity index (χ0v) is 14.5. The Balaban J connectivity index is 2.20. The molecule has 1 aromatic carbocycles. The fraction of sp³-hybridized carbons (Fsp3) is 0.353. The highest BCUT2D eigenvalue weighted by Gasteiger charge is 2.13. The molecule has 0 spiro atoms. The molecule has 0 radical (unpaired) electrons. The summed E-state index contributed by atoms with van der Waals surface area (Å²) >= 11 is 6.23. The van der Waals surface area contributed by atoms with E-state index < -0.39 is 0 Å². The lowest BCUT2D eigenvalue weighted by molar-refractivity contribution is 0.102. The van der Waals surface area contributed by atoms with Crippen molar-refractivity contribution in [3.8, 4) is 0 Å². The van der Waals surface area contributed by atoms with Crippen molar-refractivity contribution >= 4 is 29.1 Å². The molecule has 0 aliphatic heterocycles. The van der Waals surface area contributed by atoms with E-state index >= 15 is 0 Å². The van der Waals surface area contributed by atoms with Gasteiger partial charge in [-0.3, -0.25) is 4.79 Å². The van der Waals surface area contributed by atoms with Gasteiger partial charge >= 0.3 is 0 Å². The summed E-state index contributed by atoms with van der Waals surface area (Å²) in [5.41, 5.74) is 2.86. The quantitative estimate of drug-likeness (QED) is 0.860. The van der Waals surface area contributed by atoms with E-state index in [1.54, 1.807) is 12.3 Å². The highest BCUT2D eigenvalue weighted by atomic mass is 35.5. The molecular formula is C17H21ClN4O. The Hall–Kier alpha value is -2.14. The predicted molar refractivity (Wildman–Crippen MR) is 94.3 cm³/mol. The van der Waals surface area contributed by atoms with E-state index in [0.717, 1.165) is 17.5 Å². The van der Waals surface area contributed by atoms with Gasteiger partial charge in [0.1, 0.15) is 5.69 Å². The predicted octanol–water partition coefficient (Wildman–Crippen LogP) is 4.21. The van der Waals surface area contributed by atoms with Gasteiger partial charge in [-0.1, -0.05) is 24.6 Å². The number of carbonyl (C=O) groups excluding carboxylic acids is 1. The maximum Gasteiger partial charge on any atom is 0.274 e. The van der Waals surface area contributed by atoms with E-state index in [9.17, 15) is 4.79 Å². The Morgan fingerprint density at radius 2 is 2.09 bits per heavy atom. The summed E-state index contributed by atoms with van der Waals surface area (Å²) in [6.07, 6.45) is 2.51. The Kier molecular flexibility index (Phi) is 5.55. The molecule has 2 aromatic rings. The Morgan fingerprint density at radius 3 is 2.74 bits per heavy atom. The number of nitrogens with zero attached hydrogens (tertiary/aromatic N) is 2. The van der Waals surface area contributed by atoms with Crippen LogP contribution in [-0.4, -0.2) is 21.9 Å². The first-order valence-electron chi connectivity index (χ1n) is 7.58. The van der Waals surface area contributed by atoms with Crippen molar-refractivity contribution in [2.24, 2.45) is 0 Å². The van der Waals surface area contributed by atoms with Crippen molar-refractivity contribution in [2.75, 3.05) is 10.6 Å². The number of hydrogen-bond donors (Lipinski definition) is 2. The lowest BCUT2D eigenvalue weighted by Gasteiger charge is -2.13. The minimum atomic E-state index is -0.312. The maximum absolute atomic E-state index is 12.4. The minimum absolute atomic E-state index is 0.238. The second-order valence-corrected chi connectivity index (χ2v) is 6.02. The van der Waals surface area contributed by atoms with Gasteiger partial charge in [-0.15, -0.1) is 0 Å². The van der Waals surface area contributed by atoms with Gasteiger partial charge in [-0.25, -0.2) is 9.97 Å². The van der Waals surface area contributed by atoms with Crippen molar-refractivity contribution in [3.05, 3.63) is 46.2 Å². The SMILES string of the molecule is CCC(C)Nc1nccc(C(=O)Nc2c(C)cc(C)cc2Cl)n1. The van der Waals surface area contributed by atoms with Crippen LogP contribution in [0.15, 0.2) is 24.4 Å². The molecule has 1 unspecified atom stereocenters. The highest BCUT2D eigenvalue weighted by Crippen LogP contribution is 2.27. The van der Waals surface area contributed by atoms with Crippen LogP contribution in [0.25, 0.3) is 0 Å². The van der Waals surface area contributed by atoms with Crippen LogP contribution in [0.1, 0.15) is 41.9 Å². The van der Waals surface area contributed by atoms with Gasteiger partial charge in [0.25, 0.3) is 5.91 Å². The van der Waals surface area contributed by atoms with Gasteiger partial charge < -0.3 is 10.6 Å². The Bertz CT molecular complexity index is 694. The van der Waals surface area contributed by atoms with E-state index in [1.165, 1.54) is 0 Å². The molecule has 1 aromatic heterocycles. The van der Waals surface area contributed by atoms with Crippen molar-refractivity contribution in [1.82, 2.24) is 9.97 Å². The van der Waals surface area contributed by atoms with E-state index in [1.807, 2.05) is 32.9 Å². The van der Waals surface area contributed by atoms with E-state index in [0.29, 0.717) is 22.4 Å². The van der Waals surface area contributed by atoms with Crippen LogP contribution in [0.2, 0.25) is 5.02 Å². The lowest BCUT2D eigenvalue weighted by Crippen LogP contribution is -2.19. The molecule has 0 bridgehead atoms. The number of hydrogen-bond acceptors (Lipinski definition) is 4. The molecular weight excluding hydrogens is 312 g/mol. The molecule has 0 fully saturated rings. The van der Waals surface area contributed by atoms with Crippen LogP contribution >= 0.6 is 11.6 Å². The molecule has 0 saturated carbocycles. The third kappa shape index (κ3) is 4.42. The molecule has 5 nitrogen and oxygen atoms in total. The molecule has 23 heavy (non-hydrogen) atoms.